The first-order valence-electron chi connectivity index (χ1n) is 25.1. The Balaban J connectivity index is 7.96. The monoisotopic (exact) mass is 366 g/mol. The number of methoxy groups -OCH3 is 1. The smallest absolute Gasteiger partial charge is 0.305 e. The van der Waals surface area contributed by atoms with Crippen LogP contribution in [0.15, 0.2) is 0 Å². The maximum atomic E-state index is 12.0. The fourth-order valence-electron chi connectivity index (χ4n) is 0.602. The predicted molar refractivity (Wildman–Crippen MR) is 101 cm³/mol. The number of hydrogen-bond acceptors (Lipinski definition) is 2. The first-order chi connectivity index (χ1) is 26.0. The van der Waals surface area contributed by atoms with Crippen LogP contribution in [-0.2, 0) is 9.53 Å². The average Bonchev–Trinajstić information content (AvgIpc) is 3.05. The van der Waals surface area contributed by atoms with Crippen molar-refractivity contribution >= 4 is 5.97 Å². The third-order valence-electron chi connectivity index (χ3n) is 1.35. The summed E-state index contributed by atoms with van der Waals surface area (Å²) in [6.45, 7) is -4.18. The molecule has 0 aromatic carbocycles. The van der Waals surface area contributed by atoms with E-state index < -0.39 is 128 Å². The van der Waals surface area contributed by atoms with Gasteiger partial charge in [0.15, 0.2) is 0 Å². The van der Waals surface area contributed by atoms with Crippen molar-refractivity contribution in [2.45, 2.75) is 122 Å². The van der Waals surface area contributed by atoms with Gasteiger partial charge in [0.1, 0.15) is 0 Å². The molecule has 138 valence electrons. The molecule has 2 heteroatoms. The van der Waals surface area contributed by atoms with Crippen LogP contribution < -0.4 is 0 Å². The van der Waals surface area contributed by atoms with Gasteiger partial charge in [0, 0.05) is 59.8 Å². The Kier molecular flexibility index (Phi) is 2.40. The summed E-state index contributed by atoms with van der Waals surface area (Å²) in [6.07, 6.45) is -90.7. The third kappa shape index (κ3) is 19.4. The molecule has 23 heavy (non-hydrogen) atoms. The van der Waals surface area contributed by atoms with Gasteiger partial charge in [-0.25, -0.2) is 0 Å². The van der Waals surface area contributed by atoms with Gasteiger partial charge in [-0.1, -0.05) is 109 Å². The van der Waals surface area contributed by atoms with Crippen LogP contribution >= 0.6 is 0 Å². The van der Waals surface area contributed by atoms with Crippen LogP contribution in [0.2, 0.25) is 0 Å². The Morgan fingerprint density at radius 3 is 1.39 bits per heavy atom. The molecule has 0 amide bonds. The minimum atomic E-state index is -5.34. The zero-order chi connectivity index (χ0) is 51.8. The van der Waals surface area contributed by atoms with Crippen molar-refractivity contribution in [3.05, 3.63) is 0 Å². The minimum Gasteiger partial charge on any atom is -0.469 e. The lowest BCUT2D eigenvalue weighted by Crippen LogP contribution is -1.99. The van der Waals surface area contributed by atoms with Crippen molar-refractivity contribution in [1.29, 1.82) is 0 Å². The Bertz CT molecular complexity index is 1660. The van der Waals surface area contributed by atoms with Crippen LogP contribution in [0.3, 0.4) is 0 Å². The van der Waals surface area contributed by atoms with Crippen LogP contribution in [-0.4, -0.2) is 13.1 Å². The molecule has 0 saturated carbocycles. The Morgan fingerprint density at radius 2 is 1.04 bits per heavy atom. The lowest BCUT2D eigenvalue weighted by atomic mass is 10.0. The summed E-state index contributed by atoms with van der Waals surface area (Å²) in [5, 5.41) is 0. The van der Waals surface area contributed by atoms with E-state index in [9.17, 15) is 4.79 Å². The van der Waals surface area contributed by atoms with Crippen LogP contribution in [0, 0.1) is 0 Å². The quantitative estimate of drug-likeness (QED) is 0.240. The number of carbonyl (C=O) groups is 1. The fourth-order valence-corrected chi connectivity index (χ4v) is 0.602. The van der Waals surface area contributed by atoms with E-state index in [1.54, 1.807) is 0 Å². The van der Waals surface area contributed by atoms with Gasteiger partial charge in [-0.05, 0) is 6.37 Å². The van der Waals surface area contributed by atoms with E-state index in [-0.39, 0.29) is 0 Å². The van der Waals surface area contributed by atoms with E-state index in [1.165, 1.54) is 0 Å². The molecule has 0 aliphatic rings. The number of esters is 1. The van der Waals surface area contributed by atoms with Gasteiger partial charge >= 0.3 is 5.97 Å². The normalized spacial score (nSPS) is 47.8. The molecule has 0 fully saturated rings. The predicted octanol–water partition coefficient (Wildman–Crippen LogP) is 7.20. The van der Waals surface area contributed by atoms with Crippen molar-refractivity contribution in [1.82, 2.24) is 0 Å². The standard InChI is InChI=1S/C21H42O2/c1-3-4-5-6-7-8-9-10-11-12-13-14-15-16-17-18-19-20-21(22)23-2/h3-20H2,1-2H3/i1D3,3D2,4D2,5D2,6D2,7D2,8D2,9D2,10D2,11D2,12D2,13D2,14D2,15D2,16D2,17D2,18D2,19D2,20D2. The molecule has 0 aromatic rings. The van der Waals surface area contributed by atoms with E-state index in [2.05, 4.69) is 4.74 Å². The highest BCUT2D eigenvalue weighted by molar-refractivity contribution is 5.68. The summed E-state index contributed by atoms with van der Waals surface area (Å²) in [4.78, 5) is 12.0. The van der Waals surface area contributed by atoms with Crippen molar-refractivity contribution < 1.29 is 63.0 Å². The summed E-state index contributed by atoms with van der Waals surface area (Å²) in [5.41, 5.74) is 0. The maximum Gasteiger partial charge on any atom is 0.305 e. The summed E-state index contributed by atoms with van der Waals surface area (Å²) in [6, 6.07) is 0. The average molecular weight is 366 g/mol. The molecule has 0 aliphatic carbocycles. The molecule has 0 aromatic heterocycles. The van der Waals surface area contributed by atoms with E-state index in [1.807, 2.05) is 0 Å². The molecule has 0 aliphatic heterocycles. The van der Waals surface area contributed by atoms with Crippen molar-refractivity contribution in [3.8, 4) is 0 Å². The van der Waals surface area contributed by atoms with E-state index in [0.717, 1.165) is 0 Å². The molecule has 0 rings (SSSR count). The van der Waals surface area contributed by atoms with E-state index in [0.29, 0.717) is 7.11 Å². The number of hydrogen-bond donors (Lipinski definition) is 0. The third-order valence-corrected chi connectivity index (χ3v) is 1.35. The van der Waals surface area contributed by atoms with E-state index >= 15 is 0 Å². The van der Waals surface area contributed by atoms with Crippen molar-refractivity contribution in [2.24, 2.45) is 0 Å². The summed E-state index contributed by atoms with van der Waals surface area (Å²) >= 11 is 0. The van der Waals surface area contributed by atoms with Gasteiger partial charge in [-0.3, -0.25) is 4.79 Å². The summed E-state index contributed by atoms with van der Waals surface area (Å²) in [5.74, 6) is -2.24. The Hall–Kier alpha value is -0.530. The van der Waals surface area contributed by atoms with Crippen LogP contribution in [0.5, 0.6) is 0 Å². The Morgan fingerprint density at radius 1 is 0.696 bits per heavy atom. The molecule has 0 spiro atoms. The van der Waals surface area contributed by atoms with Gasteiger partial charge in [0.25, 0.3) is 0 Å². The van der Waals surface area contributed by atoms with Crippen molar-refractivity contribution in [3.63, 3.8) is 0 Å². The number of carbonyl (C=O) groups excluding carboxylic acids is 1. The highest BCUT2D eigenvalue weighted by atomic mass is 16.5. The van der Waals surface area contributed by atoms with Crippen molar-refractivity contribution in [2.75, 3.05) is 7.11 Å². The zero-order valence-electron chi connectivity index (χ0n) is 50.8. The molecule has 0 saturated heterocycles. The molecule has 0 heterocycles. The molecule has 0 bridgehead atoms. The summed E-state index contributed by atoms with van der Waals surface area (Å²) in [7, 11) is 0.451. The van der Waals surface area contributed by atoms with Crippen LogP contribution in [0.1, 0.15) is 175 Å². The van der Waals surface area contributed by atoms with Gasteiger partial charge < -0.3 is 4.74 Å². The number of ether oxygens (including phenoxy) is 1. The fraction of sp³-hybridized carbons (Fsp3) is 0.952. The first kappa shape index (κ1) is 2.83. The van der Waals surface area contributed by atoms with Gasteiger partial charge in [-0.2, -0.15) is 0 Å². The van der Waals surface area contributed by atoms with Crippen LogP contribution in [0.25, 0.3) is 0 Å². The van der Waals surface area contributed by atoms with Gasteiger partial charge in [0.2, 0.25) is 0 Å². The SMILES string of the molecule is [2H]C([2H])([2H])C([2H])([2H])C([2H])([2H])C([2H])([2H])C([2H])([2H])C([2H])([2H])C([2H])([2H])C([2H])([2H])C([2H])([2H])C([2H])([2H])C([2H])([2H])C([2H])([2H])C([2H])([2H])C([2H])([2H])C([2H])([2H])C([2H])([2H])C([2H])([2H])C([2H])([2H])C([2H])([2H])C(=O)OC. The molecule has 0 radical (unpaired) electrons. The minimum absolute atomic E-state index is 0.451. The highest BCUT2D eigenvalue weighted by Crippen LogP contribution is 2.14. The summed E-state index contributed by atoms with van der Waals surface area (Å²) < 4.78 is 318. The topological polar surface area (TPSA) is 26.3 Å². The molecular weight excluding hydrogens is 284 g/mol. The maximum absolute atomic E-state index is 12.0. The lowest BCUT2D eigenvalue weighted by molar-refractivity contribution is -0.140. The van der Waals surface area contributed by atoms with Crippen LogP contribution in [0.4, 0.5) is 0 Å². The number of rotatable bonds is 18. The molecular formula is C21H42O2. The second kappa shape index (κ2) is 19.5. The van der Waals surface area contributed by atoms with E-state index in [4.69, 9.17) is 53.5 Å². The molecule has 0 atom stereocenters. The van der Waals surface area contributed by atoms with Gasteiger partial charge in [0.05, 0.1) is 7.11 Å². The first-order valence-corrected chi connectivity index (χ1v) is 5.57. The Labute approximate surface area is 200 Å². The lowest BCUT2D eigenvalue weighted by Gasteiger charge is -2.03. The highest BCUT2D eigenvalue weighted by Gasteiger charge is 1.99. The van der Waals surface area contributed by atoms with Gasteiger partial charge in [-0.15, -0.1) is 0 Å². The molecule has 2 nitrogen and oxygen atoms in total. The second-order valence-corrected chi connectivity index (χ2v) is 2.74. The second-order valence-electron chi connectivity index (χ2n) is 2.74. The molecule has 0 N–H and O–H groups in total. The zero-order valence-corrected chi connectivity index (χ0v) is 11.8. The molecule has 0 unspecified atom stereocenters. The largest absolute Gasteiger partial charge is 0.469 e.